The van der Waals surface area contributed by atoms with E-state index in [9.17, 15) is 15.0 Å². The third kappa shape index (κ3) is 9.02. The summed E-state index contributed by atoms with van der Waals surface area (Å²) in [6.45, 7) is 6.59. The number of carbonyl (C=O) groups is 1. The quantitative estimate of drug-likeness (QED) is 0.161. The Morgan fingerprint density at radius 1 is 0.917 bits per heavy atom. The standard InChI is InChI=1S/C42H54N2O4/c1-2-32-10-6-13-37-38(42(47)43-29-31-15-22-39(45)40(46)28-31)14-7-12-35(41(32)37)11-5-9-30-8-3-4-24-44(25-23-30)26-27-48-36-20-18-34(19-21-36)33-16-17-33/h6,10,13-15,18-22,28,30,33,35,45-46H,2-5,7-9,11-12,16-17,23-27,29H2,1H3,(H,43,47). The van der Waals surface area contributed by atoms with Crippen molar-refractivity contribution in [3.05, 3.63) is 94.6 Å². The van der Waals surface area contributed by atoms with Crippen molar-refractivity contribution in [1.82, 2.24) is 10.2 Å². The summed E-state index contributed by atoms with van der Waals surface area (Å²) in [5, 5.41) is 22.6. The van der Waals surface area contributed by atoms with E-state index in [-0.39, 0.29) is 24.0 Å². The van der Waals surface area contributed by atoms with Crippen LogP contribution >= 0.6 is 0 Å². The first-order chi connectivity index (χ1) is 23.5. The van der Waals surface area contributed by atoms with E-state index in [1.165, 1.54) is 86.7 Å². The van der Waals surface area contributed by atoms with Gasteiger partial charge in [0.25, 0.3) is 5.91 Å². The predicted molar refractivity (Wildman–Crippen MR) is 194 cm³/mol. The molecule has 1 amide bonds. The molecule has 3 aliphatic rings. The second kappa shape index (κ2) is 16.6. The molecule has 1 saturated heterocycles. The van der Waals surface area contributed by atoms with Gasteiger partial charge >= 0.3 is 0 Å². The van der Waals surface area contributed by atoms with Crippen LogP contribution in [0.25, 0.3) is 5.57 Å². The van der Waals surface area contributed by atoms with Gasteiger partial charge in [0.05, 0.1) is 0 Å². The van der Waals surface area contributed by atoms with Crippen molar-refractivity contribution >= 4 is 11.5 Å². The van der Waals surface area contributed by atoms with Crippen LogP contribution in [0.2, 0.25) is 0 Å². The van der Waals surface area contributed by atoms with Crippen LogP contribution in [0.4, 0.5) is 0 Å². The minimum absolute atomic E-state index is 0.0892. The van der Waals surface area contributed by atoms with Gasteiger partial charge in [0.2, 0.25) is 0 Å². The van der Waals surface area contributed by atoms with Gasteiger partial charge in [0.15, 0.2) is 11.5 Å². The SMILES string of the molecule is CCc1cccc2c1C(CCCC1CCCCN(CCOc3ccc(C4CC4)cc3)CC1)CCC=C2C(=O)NCc1ccc(O)c(O)c1. The van der Waals surface area contributed by atoms with Gasteiger partial charge in [-0.15, -0.1) is 0 Å². The lowest BCUT2D eigenvalue weighted by Crippen LogP contribution is -2.33. The van der Waals surface area contributed by atoms with Crippen LogP contribution in [0.5, 0.6) is 17.2 Å². The molecule has 1 heterocycles. The van der Waals surface area contributed by atoms with Crippen LogP contribution in [-0.4, -0.2) is 47.3 Å². The van der Waals surface area contributed by atoms with E-state index in [0.29, 0.717) is 5.92 Å². The molecule has 2 unspecified atom stereocenters. The fraction of sp³-hybridized carbons (Fsp3) is 0.500. The first-order valence-corrected chi connectivity index (χ1v) is 18.5. The van der Waals surface area contributed by atoms with Gasteiger partial charge in [-0.2, -0.15) is 0 Å². The number of aryl methyl sites for hydroxylation is 1. The van der Waals surface area contributed by atoms with E-state index in [0.717, 1.165) is 79.7 Å². The lowest BCUT2D eigenvalue weighted by Gasteiger charge is -2.29. The van der Waals surface area contributed by atoms with Gasteiger partial charge in [-0.3, -0.25) is 9.69 Å². The van der Waals surface area contributed by atoms with Gasteiger partial charge < -0.3 is 20.3 Å². The Labute approximate surface area is 287 Å². The largest absolute Gasteiger partial charge is 0.504 e. The van der Waals surface area contributed by atoms with E-state index < -0.39 is 0 Å². The Bertz CT molecular complexity index is 1540. The fourth-order valence-corrected chi connectivity index (χ4v) is 7.88. The summed E-state index contributed by atoms with van der Waals surface area (Å²) in [7, 11) is 0. The number of amides is 1. The van der Waals surface area contributed by atoms with Crippen LogP contribution in [0, 0.1) is 5.92 Å². The molecule has 0 spiro atoms. The summed E-state index contributed by atoms with van der Waals surface area (Å²) in [5.41, 5.74) is 6.75. The molecule has 3 aromatic carbocycles. The number of phenolic OH excluding ortho intramolecular Hbond substituents is 2. The molecule has 6 rings (SSSR count). The molecule has 6 nitrogen and oxygen atoms in total. The highest BCUT2D eigenvalue weighted by Gasteiger charge is 2.26. The Morgan fingerprint density at radius 2 is 1.77 bits per heavy atom. The number of phenols is 2. The Kier molecular flexibility index (Phi) is 11.8. The summed E-state index contributed by atoms with van der Waals surface area (Å²) >= 11 is 0. The van der Waals surface area contributed by atoms with Gasteiger partial charge in [0.1, 0.15) is 12.4 Å². The molecule has 256 valence electrons. The molecule has 0 aromatic heterocycles. The number of nitrogens with zero attached hydrogens (tertiary/aromatic N) is 1. The average molecular weight is 651 g/mol. The molecule has 48 heavy (non-hydrogen) atoms. The smallest absolute Gasteiger partial charge is 0.251 e. The second-order valence-electron chi connectivity index (χ2n) is 14.2. The number of allylic oxidation sites excluding steroid dienone is 1. The molecule has 0 bridgehead atoms. The summed E-state index contributed by atoms with van der Waals surface area (Å²) in [4.78, 5) is 16.1. The van der Waals surface area contributed by atoms with Gasteiger partial charge in [-0.25, -0.2) is 0 Å². The number of rotatable bonds is 13. The van der Waals surface area contributed by atoms with E-state index in [1.807, 2.05) is 0 Å². The molecule has 0 radical (unpaired) electrons. The molecule has 3 N–H and O–H groups in total. The highest BCUT2D eigenvalue weighted by atomic mass is 16.5. The Morgan fingerprint density at radius 3 is 2.56 bits per heavy atom. The molecule has 6 heteroatoms. The molecule has 2 aliphatic carbocycles. The second-order valence-corrected chi connectivity index (χ2v) is 14.2. The highest BCUT2D eigenvalue weighted by molar-refractivity contribution is 6.20. The van der Waals surface area contributed by atoms with Crippen molar-refractivity contribution in [2.45, 2.75) is 102 Å². The molecule has 3 aromatic rings. The first-order valence-electron chi connectivity index (χ1n) is 18.5. The van der Waals surface area contributed by atoms with Crippen LogP contribution in [-0.2, 0) is 17.8 Å². The zero-order chi connectivity index (χ0) is 33.3. The van der Waals surface area contributed by atoms with Crippen LogP contribution < -0.4 is 10.1 Å². The van der Waals surface area contributed by atoms with Crippen molar-refractivity contribution < 1.29 is 19.7 Å². The van der Waals surface area contributed by atoms with E-state index >= 15 is 0 Å². The lowest BCUT2D eigenvalue weighted by molar-refractivity contribution is -0.115. The van der Waals surface area contributed by atoms with Crippen molar-refractivity contribution in [1.29, 1.82) is 0 Å². The normalized spacial score (nSPS) is 20.1. The van der Waals surface area contributed by atoms with Crippen LogP contribution in [0.3, 0.4) is 0 Å². The monoisotopic (exact) mass is 650 g/mol. The third-order valence-electron chi connectivity index (χ3n) is 10.8. The average Bonchev–Trinajstić information content (AvgIpc) is 3.95. The lowest BCUT2D eigenvalue weighted by atomic mass is 9.81. The molecular weight excluding hydrogens is 596 g/mol. The molecule has 2 atom stereocenters. The van der Waals surface area contributed by atoms with Gasteiger partial charge in [-0.05, 0) is 134 Å². The van der Waals surface area contributed by atoms with Gasteiger partial charge in [-0.1, -0.05) is 75.1 Å². The minimum Gasteiger partial charge on any atom is -0.504 e. The highest BCUT2D eigenvalue weighted by Crippen LogP contribution is 2.41. The maximum Gasteiger partial charge on any atom is 0.251 e. The fourth-order valence-electron chi connectivity index (χ4n) is 7.88. The maximum absolute atomic E-state index is 13.5. The summed E-state index contributed by atoms with van der Waals surface area (Å²) < 4.78 is 6.13. The summed E-state index contributed by atoms with van der Waals surface area (Å²) in [5.74, 6) is 2.58. The summed E-state index contributed by atoms with van der Waals surface area (Å²) in [6, 6.07) is 19.9. The summed E-state index contributed by atoms with van der Waals surface area (Å²) in [6.07, 6.45) is 16.5. The van der Waals surface area contributed by atoms with Crippen LogP contribution in [0.1, 0.15) is 117 Å². The number of benzene rings is 3. The van der Waals surface area contributed by atoms with Crippen molar-refractivity contribution in [3.63, 3.8) is 0 Å². The third-order valence-corrected chi connectivity index (χ3v) is 10.8. The Hall–Kier alpha value is -3.77. The number of aromatic hydroxyl groups is 2. The van der Waals surface area contributed by atoms with Crippen molar-refractivity contribution in [2.75, 3.05) is 26.2 Å². The first kappa shape index (κ1) is 34.1. The Balaban J connectivity index is 1.000. The van der Waals surface area contributed by atoms with Crippen molar-refractivity contribution in [2.24, 2.45) is 5.92 Å². The maximum atomic E-state index is 13.5. The molecule has 2 fully saturated rings. The van der Waals surface area contributed by atoms with Crippen LogP contribution in [0.15, 0.2) is 66.7 Å². The number of hydrogen-bond acceptors (Lipinski definition) is 5. The molecule has 1 aliphatic heterocycles. The zero-order valence-corrected chi connectivity index (χ0v) is 28.8. The molecular formula is C42H54N2O4. The number of likely N-dealkylation sites (tertiary alicyclic amines) is 1. The zero-order valence-electron chi connectivity index (χ0n) is 28.8. The van der Waals surface area contributed by atoms with Crippen molar-refractivity contribution in [3.8, 4) is 17.2 Å². The number of carbonyl (C=O) groups excluding carboxylic acids is 1. The number of nitrogens with one attached hydrogen (secondary N) is 1. The predicted octanol–water partition coefficient (Wildman–Crippen LogP) is 8.86. The van der Waals surface area contributed by atoms with E-state index in [2.05, 4.69) is 65.7 Å². The minimum atomic E-state index is -0.178. The van der Waals surface area contributed by atoms with Gasteiger partial charge in [0, 0.05) is 18.7 Å². The molecule has 1 saturated carbocycles. The number of ether oxygens (including phenoxy) is 1. The number of hydrogen-bond donors (Lipinski definition) is 3. The van der Waals surface area contributed by atoms with E-state index in [4.69, 9.17) is 4.74 Å². The topological polar surface area (TPSA) is 82.0 Å². The van der Waals surface area contributed by atoms with E-state index in [1.54, 1.807) is 6.07 Å². The number of fused-ring (bicyclic) bond motifs is 1.